The normalized spacial score (nSPS) is 11.0. The number of carbonyl (C=O) groups is 1. The second kappa shape index (κ2) is 10.0. The van der Waals surface area contributed by atoms with Crippen molar-refractivity contribution in [2.45, 2.75) is 27.0 Å². The van der Waals surface area contributed by atoms with Crippen molar-refractivity contribution in [1.29, 1.82) is 0 Å². The zero-order valence-corrected chi connectivity index (χ0v) is 20.2. The zero-order chi connectivity index (χ0) is 25.1. The summed E-state index contributed by atoms with van der Waals surface area (Å²) in [5.74, 6) is -0.258. The molecule has 6 heteroatoms. The van der Waals surface area contributed by atoms with Crippen LogP contribution in [0.15, 0.2) is 91.0 Å². The number of carbonyl (C=O) groups excluding carboxylic acids is 1. The van der Waals surface area contributed by atoms with Crippen molar-refractivity contribution in [2.75, 3.05) is 5.32 Å². The molecule has 0 saturated heterocycles. The van der Waals surface area contributed by atoms with Crippen LogP contribution in [-0.2, 0) is 13.2 Å². The molecule has 180 valence electrons. The molecule has 5 rings (SSSR count). The Morgan fingerprint density at radius 1 is 0.917 bits per heavy atom. The minimum Gasteiger partial charge on any atom is -0.471 e. The fraction of sp³-hybridized carbons (Fsp3) is 0.133. The molecule has 2 heterocycles. The summed E-state index contributed by atoms with van der Waals surface area (Å²) in [6.07, 6.45) is 0. The molecular weight excluding hydrogens is 453 g/mol. The number of nitrogens with zero attached hydrogens (tertiary/aromatic N) is 2. The van der Waals surface area contributed by atoms with E-state index < -0.39 is 0 Å². The van der Waals surface area contributed by atoms with Gasteiger partial charge in [0.05, 0.1) is 0 Å². The van der Waals surface area contributed by atoms with E-state index in [1.54, 1.807) is 12.1 Å². The number of pyridine rings is 1. The molecule has 0 radical (unpaired) electrons. The molecule has 2 aromatic heterocycles. The predicted molar refractivity (Wildman–Crippen MR) is 140 cm³/mol. The molecule has 3 aromatic carbocycles. The van der Waals surface area contributed by atoms with Crippen molar-refractivity contribution in [2.24, 2.45) is 0 Å². The van der Waals surface area contributed by atoms with E-state index >= 15 is 0 Å². The molecule has 5 aromatic rings. The highest BCUT2D eigenvalue weighted by atomic mass is 19.1. The van der Waals surface area contributed by atoms with Crippen LogP contribution in [0.5, 0.6) is 5.88 Å². The first kappa shape index (κ1) is 23.3. The van der Waals surface area contributed by atoms with Crippen LogP contribution in [0.1, 0.15) is 32.9 Å². The van der Waals surface area contributed by atoms with Crippen molar-refractivity contribution < 1.29 is 13.9 Å². The van der Waals surface area contributed by atoms with Crippen LogP contribution < -0.4 is 10.1 Å². The van der Waals surface area contributed by atoms with Gasteiger partial charge in [-0.05, 0) is 60.9 Å². The maximum Gasteiger partial charge on any atom is 0.274 e. The van der Waals surface area contributed by atoms with Crippen molar-refractivity contribution in [1.82, 2.24) is 9.55 Å². The summed E-state index contributed by atoms with van der Waals surface area (Å²) >= 11 is 0. The molecule has 0 aliphatic carbocycles. The number of aryl methyl sites for hydroxylation is 1. The van der Waals surface area contributed by atoms with Crippen LogP contribution in [0.4, 0.5) is 10.1 Å². The number of rotatable bonds is 7. The number of hydrogen-bond acceptors (Lipinski definition) is 3. The summed E-state index contributed by atoms with van der Waals surface area (Å²) in [6, 6.07) is 27.4. The Morgan fingerprint density at radius 3 is 2.28 bits per heavy atom. The van der Waals surface area contributed by atoms with Gasteiger partial charge in [0.15, 0.2) is 0 Å². The molecule has 0 unspecified atom stereocenters. The number of amides is 1. The fourth-order valence-electron chi connectivity index (χ4n) is 4.26. The largest absolute Gasteiger partial charge is 0.471 e. The minimum atomic E-state index is -0.317. The Labute approximate surface area is 209 Å². The minimum absolute atomic E-state index is 0.195. The first-order chi connectivity index (χ1) is 17.5. The number of halogens is 1. The van der Waals surface area contributed by atoms with E-state index in [9.17, 15) is 9.18 Å². The van der Waals surface area contributed by atoms with Gasteiger partial charge in [-0.3, -0.25) is 4.79 Å². The van der Waals surface area contributed by atoms with Crippen LogP contribution >= 0.6 is 0 Å². The summed E-state index contributed by atoms with van der Waals surface area (Å²) in [4.78, 5) is 17.8. The van der Waals surface area contributed by atoms with E-state index in [1.807, 2.05) is 61.5 Å². The molecule has 0 atom stereocenters. The Morgan fingerprint density at radius 2 is 1.58 bits per heavy atom. The van der Waals surface area contributed by atoms with E-state index in [2.05, 4.69) is 33.9 Å². The Balaban J connectivity index is 1.58. The first-order valence-corrected chi connectivity index (χ1v) is 11.8. The smallest absolute Gasteiger partial charge is 0.274 e. The van der Waals surface area contributed by atoms with E-state index in [1.165, 1.54) is 12.1 Å². The predicted octanol–water partition coefficient (Wildman–Crippen LogP) is 6.67. The monoisotopic (exact) mass is 479 g/mol. The van der Waals surface area contributed by atoms with Gasteiger partial charge < -0.3 is 14.6 Å². The van der Waals surface area contributed by atoms with Gasteiger partial charge in [-0.2, -0.15) is 0 Å². The van der Waals surface area contributed by atoms with Gasteiger partial charge in [-0.1, -0.05) is 60.7 Å². The van der Waals surface area contributed by atoms with Crippen molar-refractivity contribution >= 4 is 22.5 Å². The number of aromatic nitrogens is 2. The van der Waals surface area contributed by atoms with Crippen LogP contribution in [0, 0.1) is 19.7 Å². The number of benzene rings is 3. The van der Waals surface area contributed by atoms with E-state index in [0.717, 1.165) is 33.3 Å². The lowest BCUT2D eigenvalue weighted by Gasteiger charge is -2.14. The number of ether oxygens (including phenoxy) is 1. The molecule has 0 aliphatic heterocycles. The van der Waals surface area contributed by atoms with Crippen molar-refractivity contribution in [3.8, 4) is 5.88 Å². The van der Waals surface area contributed by atoms with Gasteiger partial charge in [0.25, 0.3) is 5.91 Å². The molecule has 0 aliphatic rings. The van der Waals surface area contributed by atoms with Gasteiger partial charge in [0, 0.05) is 23.3 Å². The maximum atomic E-state index is 13.4. The molecule has 1 amide bonds. The number of nitrogens with one attached hydrogen (secondary N) is 1. The molecule has 1 N–H and O–H groups in total. The number of para-hydroxylation sites is 1. The lowest BCUT2D eigenvalue weighted by molar-refractivity contribution is 0.102. The third-order valence-corrected chi connectivity index (χ3v) is 6.32. The number of fused-ring (bicyclic) bond motifs is 1. The van der Waals surface area contributed by atoms with Gasteiger partial charge in [0.2, 0.25) is 5.88 Å². The summed E-state index contributed by atoms with van der Waals surface area (Å²) in [5.41, 5.74) is 5.86. The Bertz CT molecular complexity index is 1510. The van der Waals surface area contributed by atoms with Gasteiger partial charge >= 0.3 is 0 Å². The van der Waals surface area contributed by atoms with Gasteiger partial charge in [-0.15, -0.1) is 0 Å². The first-order valence-electron chi connectivity index (χ1n) is 11.8. The fourth-order valence-corrected chi connectivity index (χ4v) is 4.26. The standard InChI is InChI=1S/C30H26FN3O2/c1-20-21(2)34(18-22-9-5-3-6-10-22)28-26(20)17-27(29(35)32-25-11-7-4-8-12-25)33-30(28)36-19-23-13-15-24(31)16-14-23/h3-17H,18-19H2,1-2H3,(H,32,35). The van der Waals surface area contributed by atoms with E-state index in [4.69, 9.17) is 4.74 Å². The average Bonchev–Trinajstić information content (AvgIpc) is 3.14. The highest BCUT2D eigenvalue weighted by molar-refractivity contribution is 6.05. The third-order valence-electron chi connectivity index (χ3n) is 6.32. The van der Waals surface area contributed by atoms with Crippen molar-refractivity contribution in [3.63, 3.8) is 0 Å². The maximum absolute atomic E-state index is 13.4. The Hall–Kier alpha value is -4.45. The molecule has 0 saturated carbocycles. The van der Waals surface area contributed by atoms with E-state index in [-0.39, 0.29) is 24.0 Å². The van der Waals surface area contributed by atoms with Gasteiger partial charge in [-0.25, -0.2) is 9.37 Å². The van der Waals surface area contributed by atoms with Crippen molar-refractivity contribution in [3.05, 3.63) is 125 Å². The summed E-state index contributed by atoms with van der Waals surface area (Å²) < 4.78 is 21.8. The molecule has 5 nitrogen and oxygen atoms in total. The second-order valence-electron chi connectivity index (χ2n) is 8.73. The van der Waals surface area contributed by atoms with Crippen LogP contribution in [0.25, 0.3) is 10.9 Å². The highest BCUT2D eigenvalue weighted by Crippen LogP contribution is 2.33. The SMILES string of the molecule is Cc1c(C)n(Cc2ccccc2)c2c(OCc3ccc(F)cc3)nc(C(=O)Nc3ccccc3)cc12. The highest BCUT2D eigenvalue weighted by Gasteiger charge is 2.21. The number of anilines is 1. The van der Waals surface area contributed by atoms with E-state index in [0.29, 0.717) is 18.1 Å². The quantitative estimate of drug-likeness (QED) is 0.284. The molecule has 36 heavy (non-hydrogen) atoms. The van der Waals surface area contributed by atoms with Crippen LogP contribution in [-0.4, -0.2) is 15.5 Å². The lowest BCUT2D eigenvalue weighted by Crippen LogP contribution is -2.15. The molecule has 0 bridgehead atoms. The second-order valence-corrected chi connectivity index (χ2v) is 8.73. The topological polar surface area (TPSA) is 56.2 Å². The zero-order valence-electron chi connectivity index (χ0n) is 20.2. The molecular formula is C30H26FN3O2. The van der Waals surface area contributed by atoms with Crippen LogP contribution in [0.3, 0.4) is 0 Å². The summed E-state index contributed by atoms with van der Waals surface area (Å²) in [6.45, 7) is 4.94. The average molecular weight is 480 g/mol. The third kappa shape index (κ3) is 4.84. The summed E-state index contributed by atoms with van der Waals surface area (Å²) in [7, 11) is 0. The Kier molecular flexibility index (Phi) is 6.50. The lowest BCUT2D eigenvalue weighted by atomic mass is 10.1. The molecule has 0 fully saturated rings. The molecule has 0 spiro atoms. The van der Waals surface area contributed by atoms with Crippen LogP contribution in [0.2, 0.25) is 0 Å². The summed E-state index contributed by atoms with van der Waals surface area (Å²) in [5, 5.41) is 3.81. The number of hydrogen-bond donors (Lipinski definition) is 1. The van der Waals surface area contributed by atoms with Gasteiger partial charge in [0.1, 0.15) is 23.6 Å².